The molecule has 0 bridgehead atoms. The third-order valence-electron chi connectivity index (χ3n) is 18.7. The largest absolute Gasteiger partial charge is 0.394 e. The fourth-order valence-corrected chi connectivity index (χ4v) is 12.6. The molecule has 0 aromatic heterocycles. The van der Waals surface area contributed by atoms with Gasteiger partial charge < -0.3 is 89.9 Å². The number of allylic oxidation sites excluding steroid dienone is 11. The number of nitrogens with one attached hydrogen (secondary N) is 1. The highest BCUT2D eigenvalue weighted by Crippen LogP contribution is 2.33. The molecule has 3 saturated heterocycles. The van der Waals surface area contributed by atoms with Crippen LogP contribution in [0.1, 0.15) is 277 Å². The summed E-state index contributed by atoms with van der Waals surface area (Å²) in [7, 11) is 0. The van der Waals surface area contributed by atoms with Crippen LogP contribution in [0.3, 0.4) is 0 Å². The second-order valence-electron chi connectivity index (χ2n) is 27.1. The first-order valence-corrected chi connectivity index (χ1v) is 38.2. The predicted octanol–water partition coefficient (Wildman–Crippen LogP) is 11.7. The van der Waals surface area contributed by atoms with Crippen LogP contribution in [-0.4, -0.2) is 193 Å². The number of unbranched alkanes of at least 4 members (excludes halogenated alkanes) is 33. The van der Waals surface area contributed by atoms with Gasteiger partial charge in [-0.3, -0.25) is 4.79 Å². The molecule has 0 aromatic carbocycles. The van der Waals surface area contributed by atoms with Crippen LogP contribution in [0.25, 0.3) is 0 Å². The summed E-state index contributed by atoms with van der Waals surface area (Å²) in [6, 6.07) is -1.00. The minimum absolute atomic E-state index is 0.216. The van der Waals surface area contributed by atoms with Crippen molar-refractivity contribution in [3.05, 3.63) is 72.9 Å². The SMILES string of the molecule is CC/C=C\C/C=C\C/C=C\C/C=C\CCCCCCCCC(=O)NC(COC1OC(CO)C(OC2OC(CO)C(OC3OC(CO)C(O)C(O)C3O)C(O)C2O)C(O)C1O)C(O)/C=C/CC/C=C/CCCCCCCCCCCCCCCCCCCCCCCCCCCC. The number of ether oxygens (including phenoxy) is 6. The van der Waals surface area contributed by atoms with Crippen molar-refractivity contribution >= 4 is 5.91 Å². The number of rotatable bonds is 59. The Labute approximate surface area is 578 Å². The molecule has 0 aliphatic carbocycles. The van der Waals surface area contributed by atoms with Gasteiger partial charge in [0, 0.05) is 6.42 Å². The molecule has 1 amide bonds. The van der Waals surface area contributed by atoms with Gasteiger partial charge in [-0.15, -0.1) is 0 Å². The molecular weight excluding hydrogens is 1230 g/mol. The van der Waals surface area contributed by atoms with E-state index in [1.165, 1.54) is 161 Å². The summed E-state index contributed by atoms with van der Waals surface area (Å²) < 4.78 is 34.4. The first kappa shape index (κ1) is 87.4. The van der Waals surface area contributed by atoms with Crippen molar-refractivity contribution in [3.8, 4) is 0 Å². The smallest absolute Gasteiger partial charge is 0.220 e. The molecule has 558 valence electrons. The molecule has 0 radical (unpaired) electrons. The van der Waals surface area contributed by atoms with Crippen LogP contribution in [0.2, 0.25) is 0 Å². The number of hydrogen-bond donors (Lipinski definition) is 12. The maximum atomic E-state index is 13.4. The van der Waals surface area contributed by atoms with E-state index in [1.807, 2.05) is 6.08 Å². The normalized spacial score (nSPS) is 27.4. The van der Waals surface area contributed by atoms with Gasteiger partial charge >= 0.3 is 0 Å². The fourth-order valence-electron chi connectivity index (χ4n) is 12.6. The van der Waals surface area contributed by atoms with Crippen molar-refractivity contribution in [1.29, 1.82) is 0 Å². The Balaban J connectivity index is 1.40. The Bertz CT molecular complexity index is 2020. The Hall–Kier alpha value is -2.77. The summed E-state index contributed by atoms with van der Waals surface area (Å²) in [5, 5.41) is 121. The molecule has 3 rings (SSSR count). The second-order valence-corrected chi connectivity index (χ2v) is 27.1. The number of carbonyl (C=O) groups excluding carboxylic acids is 1. The molecule has 19 nitrogen and oxygen atoms in total. The predicted molar refractivity (Wildman–Crippen MR) is 378 cm³/mol. The van der Waals surface area contributed by atoms with E-state index in [2.05, 4.69) is 79.9 Å². The highest BCUT2D eigenvalue weighted by Gasteiger charge is 2.53. The minimum Gasteiger partial charge on any atom is -0.394 e. The van der Waals surface area contributed by atoms with Crippen LogP contribution < -0.4 is 5.32 Å². The Morgan fingerprint density at radius 2 is 0.729 bits per heavy atom. The molecule has 3 aliphatic rings. The molecule has 19 heteroatoms. The van der Waals surface area contributed by atoms with Crippen molar-refractivity contribution in [2.24, 2.45) is 0 Å². The van der Waals surface area contributed by atoms with Crippen LogP contribution in [0.5, 0.6) is 0 Å². The molecule has 0 aromatic rings. The Kier molecular flexibility index (Phi) is 52.7. The maximum absolute atomic E-state index is 13.4. The van der Waals surface area contributed by atoms with Gasteiger partial charge in [0.25, 0.3) is 0 Å². The maximum Gasteiger partial charge on any atom is 0.220 e. The lowest BCUT2D eigenvalue weighted by atomic mass is 9.96. The minimum atomic E-state index is -1.99. The summed E-state index contributed by atoms with van der Waals surface area (Å²) in [4.78, 5) is 13.4. The van der Waals surface area contributed by atoms with E-state index in [0.29, 0.717) is 12.8 Å². The van der Waals surface area contributed by atoms with E-state index in [-0.39, 0.29) is 18.9 Å². The third kappa shape index (κ3) is 38.3. The number of aliphatic hydroxyl groups is 11. The van der Waals surface area contributed by atoms with Crippen LogP contribution in [0.4, 0.5) is 0 Å². The highest BCUT2D eigenvalue weighted by molar-refractivity contribution is 5.76. The monoisotopic (exact) mass is 1360 g/mol. The molecule has 0 spiro atoms. The molecule has 17 unspecified atom stereocenters. The Morgan fingerprint density at radius 1 is 0.385 bits per heavy atom. The molecule has 0 saturated carbocycles. The number of amides is 1. The molecule has 12 N–H and O–H groups in total. The summed E-state index contributed by atoms with van der Waals surface area (Å²) in [5.74, 6) is -0.300. The van der Waals surface area contributed by atoms with E-state index in [0.717, 1.165) is 83.5 Å². The van der Waals surface area contributed by atoms with E-state index < -0.39 is 124 Å². The average Bonchev–Trinajstić information content (AvgIpc) is 0.798. The molecule has 3 heterocycles. The van der Waals surface area contributed by atoms with Crippen molar-refractivity contribution in [3.63, 3.8) is 0 Å². The number of carbonyl (C=O) groups is 1. The third-order valence-corrected chi connectivity index (χ3v) is 18.7. The summed E-state index contributed by atoms with van der Waals surface area (Å²) in [5.41, 5.74) is 0. The van der Waals surface area contributed by atoms with Crippen molar-refractivity contribution < 1.29 is 89.4 Å². The fraction of sp³-hybridized carbons (Fsp3) is 0.831. The van der Waals surface area contributed by atoms with E-state index >= 15 is 0 Å². The van der Waals surface area contributed by atoms with E-state index in [9.17, 15) is 61.0 Å². The van der Waals surface area contributed by atoms with Gasteiger partial charge in [0.15, 0.2) is 18.9 Å². The van der Waals surface area contributed by atoms with Gasteiger partial charge in [0.2, 0.25) is 5.91 Å². The van der Waals surface area contributed by atoms with Gasteiger partial charge in [-0.1, -0.05) is 273 Å². The lowest BCUT2D eigenvalue weighted by Crippen LogP contribution is -2.66. The average molecular weight is 1360 g/mol. The number of aliphatic hydroxyl groups excluding tert-OH is 11. The second kappa shape index (κ2) is 57.8. The molecule has 3 aliphatic heterocycles. The molecule has 96 heavy (non-hydrogen) atoms. The standard InChI is InChI=1S/C77H137NO18/c1-3-5-7-9-11-13-15-17-19-21-23-24-25-26-27-28-29-30-31-32-33-34-35-37-38-40-42-44-46-48-50-52-54-61(82)60(78-65(83)55-53-51-49-47-45-43-41-39-36-22-20-18-16-14-12-10-8-6-4-2)59-91-75-71(89)68(86)73(63(57-80)93-75)96-77-72(90)69(87)74(64(58-81)94-77)95-76-70(88)67(85)66(84)62(56-79)92-76/h6,8,12,14,18,20,36,39,44,46,52,54,60-64,66-77,79-82,84-90H,3-5,7,9-11,13,15-17,19,21-35,37-38,40-43,45,47-51,53,55-59H2,1-2H3,(H,78,83)/b8-6-,14-12-,20-18-,39-36-,46-44+,54-52+. The van der Waals surface area contributed by atoms with Gasteiger partial charge in [-0.2, -0.15) is 0 Å². The van der Waals surface area contributed by atoms with Gasteiger partial charge in [0.1, 0.15) is 73.2 Å². The van der Waals surface area contributed by atoms with Crippen molar-refractivity contribution in [2.45, 2.75) is 381 Å². The first-order valence-electron chi connectivity index (χ1n) is 38.2. The number of hydrogen-bond acceptors (Lipinski definition) is 18. The quantitative estimate of drug-likeness (QED) is 0.0199. The molecular formula is C77H137NO18. The van der Waals surface area contributed by atoms with Crippen LogP contribution in [0.15, 0.2) is 72.9 Å². The zero-order valence-corrected chi connectivity index (χ0v) is 59.3. The zero-order chi connectivity index (χ0) is 69.6. The highest BCUT2D eigenvalue weighted by atomic mass is 16.8. The van der Waals surface area contributed by atoms with Crippen molar-refractivity contribution in [1.82, 2.24) is 5.32 Å². The van der Waals surface area contributed by atoms with Crippen LogP contribution >= 0.6 is 0 Å². The van der Waals surface area contributed by atoms with E-state index in [4.69, 9.17) is 28.4 Å². The van der Waals surface area contributed by atoms with Crippen LogP contribution in [0, 0.1) is 0 Å². The molecule has 3 fully saturated rings. The first-order chi connectivity index (χ1) is 46.8. The Morgan fingerprint density at radius 3 is 1.17 bits per heavy atom. The van der Waals surface area contributed by atoms with Crippen LogP contribution in [-0.2, 0) is 33.2 Å². The molecule has 17 atom stereocenters. The lowest BCUT2D eigenvalue weighted by molar-refractivity contribution is -0.379. The van der Waals surface area contributed by atoms with E-state index in [1.54, 1.807) is 6.08 Å². The summed E-state index contributed by atoms with van der Waals surface area (Å²) in [6.45, 7) is 1.61. The van der Waals surface area contributed by atoms with Gasteiger partial charge in [0.05, 0.1) is 38.6 Å². The topological polar surface area (TPSA) is 307 Å². The van der Waals surface area contributed by atoms with Gasteiger partial charge in [-0.25, -0.2) is 0 Å². The van der Waals surface area contributed by atoms with Gasteiger partial charge in [-0.05, 0) is 70.6 Å². The van der Waals surface area contributed by atoms with Crippen molar-refractivity contribution in [2.75, 3.05) is 26.4 Å². The summed E-state index contributed by atoms with van der Waals surface area (Å²) >= 11 is 0. The summed E-state index contributed by atoms with van der Waals surface area (Å²) in [6.07, 6.45) is 47.6. The zero-order valence-electron chi connectivity index (χ0n) is 59.3. The lowest BCUT2D eigenvalue weighted by Gasteiger charge is -2.48.